The van der Waals surface area contributed by atoms with Crippen molar-refractivity contribution in [3.63, 3.8) is 0 Å². The van der Waals surface area contributed by atoms with Gasteiger partial charge in [0, 0.05) is 18.8 Å². The third-order valence-electron chi connectivity index (χ3n) is 3.56. The number of hydrogen-bond acceptors (Lipinski definition) is 3. The number of aliphatic hydroxyl groups excluding tert-OH is 1. The van der Waals surface area contributed by atoms with Gasteiger partial charge in [0.1, 0.15) is 5.60 Å². The molecule has 3 heteroatoms. The molecule has 0 aromatic rings. The summed E-state index contributed by atoms with van der Waals surface area (Å²) in [7, 11) is 0. The molecule has 1 atom stereocenters. The highest BCUT2D eigenvalue weighted by Crippen LogP contribution is 2.45. The van der Waals surface area contributed by atoms with Crippen LogP contribution in [0.5, 0.6) is 0 Å². The maximum atomic E-state index is 9.57. The predicted molar refractivity (Wildman–Crippen MR) is 52.6 cm³/mol. The van der Waals surface area contributed by atoms with Gasteiger partial charge in [0.05, 0.1) is 0 Å². The Kier molecular flexibility index (Phi) is 1.86. The summed E-state index contributed by atoms with van der Waals surface area (Å²) in [5, 5.41) is 9.57. The van der Waals surface area contributed by atoms with Crippen molar-refractivity contribution in [2.24, 2.45) is 0 Å². The van der Waals surface area contributed by atoms with Crippen molar-refractivity contribution in [2.45, 2.75) is 44.0 Å². The van der Waals surface area contributed by atoms with E-state index in [1.807, 2.05) is 6.08 Å². The van der Waals surface area contributed by atoms with Crippen LogP contribution in [-0.2, 0) is 4.74 Å². The monoisotopic (exact) mass is 195 g/mol. The van der Waals surface area contributed by atoms with E-state index in [9.17, 15) is 5.11 Å². The van der Waals surface area contributed by atoms with Crippen LogP contribution >= 0.6 is 0 Å². The molecule has 78 valence electrons. The third kappa shape index (κ3) is 1.27. The van der Waals surface area contributed by atoms with Gasteiger partial charge >= 0.3 is 0 Å². The van der Waals surface area contributed by atoms with E-state index < -0.39 is 6.29 Å². The van der Waals surface area contributed by atoms with Gasteiger partial charge in [-0.2, -0.15) is 0 Å². The number of aliphatic hydroxyl groups is 1. The number of rotatable bonds is 1. The van der Waals surface area contributed by atoms with Crippen LogP contribution in [0.3, 0.4) is 0 Å². The Bertz CT molecular complexity index is 264. The molecule has 3 rings (SSSR count). The first-order chi connectivity index (χ1) is 6.80. The molecule has 3 aliphatic rings. The van der Waals surface area contributed by atoms with Gasteiger partial charge in [0.25, 0.3) is 0 Å². The Labute approximate surface area is 84.3 Å². The van der Waals surface area contributed by atoms with Crippen molar-refractivity contribution in [3.05, 3.63) is 11.8 Å². The molecule has 0 aromatic heterocycles. The summed E-state index contributed by atoms with van der Waals surface area (Å²) in [5.41, 5.74) is 1.15. The summed E-state index contributed by atoms with van der Waals surface area (Å²) < 4.78 is 5.72. The minimum absolute atomic E-state index is 0.117. The summed E-state index contributed by atoms with van der Waals surface area (Å²) in [6.07, 6.45) is 7.20. The number of ether oxygens (including phenoxy) is 1. The van der Waals surface area contributed by atoms with Crippen LogP contribution in [0.1, 0.15) is 32.1 Å². The van der Waals surface area contributed by atoms with Gasteiger partial charge in [-0.15, -0.1) is 0 Å². The van der Waals surface area contributed by atoms with Gasteiger partial charge in [-0.25, -0.2) is 0 Å². The topological polar surface area (TPSA) is 32.5 Å². The normalized spacial score (nSPS) is 34.8. The van der Waals surface area contributed by atoms with E-state index in [1.54, 1.807) is 0 Å². The third-order valence-corrected chi connectivity index (χ3v) is 3.56. The maximum Gasteiger partial charge on any atom is 0.177 e. The molecule has 2 aliphatic heterocycles. The zero-order valence-corrected chi connectivity index (χ0v) is 8.41. The van der Waals surface area contributed by atoms with Crippen molar-refractivity contribution >= 4 is 0 Å². The van der Waals surface area contributed by atoms with Crippen molar-refractivity contribution in [1.29, 1.82) is 0 Å². The van der Waals surface area contributed by atoms with Crippen LogP contribution in [0, 0.1) is 0 Å². The molecular weight excluding hydrogens is 178 g/mol. The molecule has 0 radical (unpaired) electrons. The summed E-state index contributed by atoms with van der Waals surface area (Å²) in [5.74, 6) is 0. The van der Waals surface area contributed by atoms with Crippen LogP contribution in [0.25, 0.3) is 0 Å². The van der Waals surface area contributed by atoms with Crippen LogP contribution in [0.2, 0.25) is 0 Å². The van der Waals surface area contributed by atoms with Gasteiger partial charge in [-0.3, -0.25) is 0 Å². The quantitative estimate of drug-likeness (QED) is 0.639. The lowest BCUT2D eigenvalue weighted by Crippen LogP contribution is -2.37. The zero-order valence-electron chi connectivity index (χ0n) is 8.41. The molecule has 2 heterocycles. The molecule has 3 nitrogen and oxygen atoms in total. The first-order valence-electron chi connectivity index (χ1n) is 5.63. The van der Waals surface area contributed by atoms with E-state index in [0.29, 0.717) is 0 Å². The van der Waals surface area contributed by atoms with E-state index in [4.69, 9.17) is 4.74 Å². The van der Waals surface area contributed by atoms with Crippen LogP contribution in [-0.4, -0.2) is 35.0 Å². The Morgan fingerprint density at radius 2 is 2.00 bits per heavy atom. The molecule has 2 fully saturated rings. The van der Waals surface area contributed by atoms with Gasteiger partial charge in [-0.1, -0.05) is 19.3 Å². The van der Waals surface area contributed by atoms with Gasteiger partial charge in [0.2, 0.25) is 0 Å². The van der Waals surface area contributed by atoms with Crippen LogP contribution in [0.15, 0.2) is 11.8 Å². The van der Waals surface area contributed by atoms with Crippen molar-refractivity contribution in [2.75, 3.05) is 13.1 Å². The Morgan fingerprint density at radius 1 is 1.29 bits per heavy atom. The molecular formula is C11H17NO2. The highest BCUT2D eigenvalue weighted by atomic mass is 16.6. The van der Waals surface area contributed by atoms with Crippen LogP contribution < -0.4 is 0 Å². The second-order valence-electron chi connectivity index (χ2n) is 4.60. The largest absolute Gasteiger partial charge is 0.369 e. The maximum absolute atomic E-state index is 9.57. The van der Waals surface area contributed by atoms with Crippen molar-refractivity contribution in [1.82, 2.24) is 4.90 Å². The smallest absolute Gasteiger partial charge is 0.177 e. The summed E-state index contributed by atoms with van der Waals surface area (Å²) in [6, 6.07) is 0. The second-order valence-corrected chi connectivity index (χ2v) is 4.60. The van der Waals surface area contributed by atoms with E-state index in [-0.39, 0.29) is 5.60 Å². The van der Waals surface area contributed by atoms with Gasteiger partial charge in [0.15, 0.2) is 6.29 Å². The minimum Gasteiger partial charge on any atom is -0.369 e. The van der Waals surface area contributed by atoms with E-state index in [1.165, 1.54) is 25.0 Å². The molecule has 1 aliphatic carbocycles. The lowest BCUT2D eigenvalue weighted by Gasteiger charge is -2.36. The van der Waals surface area contributed by atoms with E-state index >= 15 is 0 Å². The molecule has 14 heavy (non-hydrogen) atoms. The Hall–Kier alpha value is -0.540. The van der Waals surface area contributed by atoms with E-state index in [2.05, 4.69) is 4.90 Å². The zero-order chi connectivity index (χ0) is 9.60. The molecule has 0 aromatic carbocycles. The van der Waals surface area contributed by atoms with E-state index in [0.717, 1.165) is 25.9 Å². The number of hydrogen-bond donors (Lipinski definition) is 1. The molecule has 1 saturated carbocycles. The van der Waals surface area contributed by atoms with Gasteiger partial charge in [-0.05, 0) is 18.9 Å². The van der Waals surface area contributed by atoms with Crippen LogP contribution in [0.4, 0.5) is 0 Å². The van der Waals surface area contributed by atoms with Gasteiger partial charge < -0.3 is 14.7 Å². The first kappa shape index (κ1) is 8.74. The lowest BCUT2D eigenvalue weighted by atomic mass is 9.83. The summed E-state index contributed by atoms with van der Waals surface area (Å²) in [6.45, 7) is 2.29. The van der Waals surface area contributed by atoms with Crippen molar-refractivity contribution in [3.8, 4) is 0 Å². The molecule has 0 bridgehead atoms. The first-order valence-corrected chi connectivity index (χ1v) is 5.63. The average Bonchev–Trinajstić information content (AvgIpc) is 2.95. The molecule has 1 spiro atoms. The average molecular weight is 195 g/mol. The molecule has 0 amide bonds. The SMILES string of the molecule is OC1C=C(N2CC2)C2(CCCCC2)O1. The van der Waals surface area contributed by atoms with Crippen molar-refractivity contribution < 1.29 is 9.84 Å². The fourth-order valence-electron chi connectivity index (χ4n) is 2.79. The second kappa shape index (κ2) is 2.97. The number of nitrogens with zero attached hydrogens (tertiary/aromatic N) is 1. The fourth-order valence-corrected chi connectivity index (χ4v) is 2.79. The highest BCUT2D eigenvalue weighted by Gasteiger charge is 2.47. The fraction of sp³-hybridized carbons (Fsp3) is 0.818. The Balaban J connectivity index is 1.86. The molecule has 1 unspecified atom stereocenters. The minimum atomic E-state index is -0.663. The lowest BCUT2D eigenvalue weighted by molar-refractivity contribution is -0.140. The standard InChI is InChI=1S/C11H17NO2/c13-10-8-9(12-6-7-12)11(14-10)4-2-1-3-5-11/h8,10,13H,1-7H2. The Morgan fingerprint density at radius 3 is 2.64 bits per heavy atom. The highest BCUT2D eigenvalue weighted by molar-refractivity contribution is 5.25. The predicted octanol–water partition coefficient (Wildman–Crippen LogP) is 1.24. The summed E-state index contributed by atoms with van der Waals surface area (Å²) >= 11 is 0. The molecule has 1 saturated heterocycles. The molecule has 1 N–H and O–H groups in total. The summed E-state index contributed by atoms with van der Waals surface area (Å²) in [4.78, 5) is 2.32.